The Morgan fingerprint density at radius 1 is 1.44 bits per heavy atom. The number of hydrogen-bond donors (Lipinski definition) is 1. The molecule has 1 aromatic rings. The van der Waals surface area contributed by atoms with Gasteiger partial charge in [0.15, 0.2) is 0 Å². The summed E-state index contributed by atoms with van der Waals surface area (Å²) in [6.07, 6.45) is 6.02. The predicted molar refractivity (Wildman–Crippen MR) is 66.5 cm³/mol. The molecule has 0 saturated heterocycles. The summed E-state index contributed by atoms with van der Waals surface area (Å²) in [4.78, 5) is 0. The third kappa shape index (κ3) is 2.46. The van der Waals surface area contributed by atoms with E-state index < -0.39 is 0 Å². The van der Waals surface area contributed by atoms with Crippen LogP contribution in [0.4, 0.5) is 0 Å². The third-order valence-electron chi connectivity index (χ3n) is 3.71. The van der Waals surface area contributed by atoms with Gasteiger partial charge in [-0.2, -0.15) is 5.10 Å². The van der Waals surface area contributed by atoms with Crippen LogP contribution in [0, 0.1) is 11.8 Å². The number of rotatable bonds is 5. The minimum atomic E-state index is 0.475. The normalized spacial score (nSPS) is 24.8. The molecule has 0 spiro atoms. The van der Waals surface area contributed by atoms with Crippen molar-refractivity contribution in [1.29, 1.82) is 0 Å². The topological polar surface area (TPSA) is 29.9 Å². The van der Waals surface area contributed by atoms with Gasteiger partial charge in [0.1, 0.15) is 0 Å². The van der Waals surface area contributed by atoms with E-state index in [-0.39, 0.29) is 0 Å². The summed E-state index contributed by atoms with van der Waals surface area (Å²) in [5, 5.41) is 7.91. The van der Waals surface area contributed by atoms with Crippen molar-refractivity contribution in [1.82, 2.24) is 15.1 Å². The molecule has 0 aromatic carbocycles. The molecule has 1 fully saturated rings. The van der Waals surface area contributed by atoms with Crippen molar-refractivity contribution in [3.05, 3.63) is 18.0 Å². The van der Waals surface area contributed by atoms with Crippen LogP contribution in [0.15, 0.2) is 12.3 Å². The summed E-state index contributed by atoms with van der Waals surface area (Å²) in [5.74, 6) is 1.72. The maximum absolute atomic E-state index is 4.62. The van der Waals surface area contributed by atoms with E-state index in [9.17, 15) is 0 Å². The summed E-state index contributed by atoms with van der Waals surface area (Å²) >= 11 is 0. The van der Waals surface area contributed by atoms with Crippen molar-refractivity contribution < 1.29 is 0 Å². The van der Waals surface area contributed by atoms with E-state index in [1.54, 1.807) is 0 Å². The van der Waals surface area contributed by atoms with Crippen LogP contribution in [0.1, 0.15) is 38.4 Å². The Bertz CT molecular complexity index is 330. The van der Waals surface area contributed by atoms with E-state index >= 15 is 0 Å². The molecule has 1 heterocycles. The largest absolute Gasteiger partial charge is 0.319 e. The second-order valence-electron chi connectivity index (χ2n) is 5.24. The summed E-state index contributed by atoms with van der Waals surface area (Å²) in [5.41, 5.74) is 1.26. The van der Waals surface area contributed by atoms with Gasteiger partial charge in [0.05, 0.1) is 5.69 Å². The van der Waals surface area contributed by atoms with Crippen molar-refractivity contribution in [2.45, 2.75) is 39.2 Å². The molecule has 0 aliphatic heterocycles. The first kappa shape index (κ1) is 11.6. The van der Waals surface area contributed by atoms with E-state index in [4.69, 9.17) is 0 Å². The van der Waals surface area contributed by atoms with Gasteiger partial charge in [0.2, 0.25) is 0 Å². The van der Waals surface area contributed by atoms with Crippen LogP contribution in [0.3, 0.4) is 0 Å². The molecular weight excluding hydrogens is 198 g/mol. The first-order valence-corrected chi connectivity index (χ1v) is 6.39. The molecule has 16 heavy (non-hydrogen) atoms. The Labute approximate surface area is 98.2 Å². The molecule has 1 aliphatic rings. The van der Waals surface area contributed by atoms with Gasteiger partial charge in [-0.25, -0.2) is 0 Å². The smallest absolute Gasteiger partial charge is 0.0627 e. The Balaban J connectivity index is 1.89. The zero-order valence-electron chi connectivity index (χ0n) is 10.6. The highest BCUT2D eigenvalue weighted by atomic mass is 15.3. The average molecular weight is 221 g/mol. The fourth-order valence-corrected chi connectivity index (χ4v) is 2.48. The summed E-state index contributed by atoms with van der Waals surface area (Å²) in [6.45, 7) is 5.50. The van der Waals surface area contributed by atoms with Gasteiger partial charge in [-0.15, -0.1) is 0 Å². The lowest BCUT2D eigenvalue weighted by Gasteiger charge is -2.36. The Morgan fingerprint density at radius 2 is 2.19 bits per heavy atom. The van der Waals surface area contributed by atoms with E-state index in [2.05, 4.69) is 41.2 Å². The zero-order chi connectivity index (χ0) is 11.5. The molecule has 0 amide bonds. The number of nitrogens with one attached hydrogen (secondary N) is 1. The molecule has 90 valence electrons. The van der Waals surface area contributed by atoms with Gasteiger partial charge < -0.3 is 5.32 Å². The van der Waals surface area contributed by atoms with Gasteiger partial charge in [0.25, 0.3) is 0 Å². The first-order valence-electron chi connectivity index (χ1n) is 6.39. The fourth-order valence-electron chi connectivity index (χ4n) is 2.48. The van der Waals surface area contributed by atoms with Gasteiger partial charge in [-0.1, -0.05) is 0 Å². The summed E-state index contributed by atoms with van der Waals surface area (Å²) in [6, 6.07) is 2.65. The van der Waals surface area contributed by atoms with Crippen LogP contribution in [0.25, 0.3) is 0 Å². The molecule has 3 nitrogen and oxygen atoms in total. The highest BCUT2D eigenvalue weighted by Gasteiger charge is 2.30. The molecule has 1 aromatic heterocycles. The quantitative estimate of drug-likeness (QED) is 0.826. The summed E-state index contributed by atoms with van der Waals surface area (Å²) < 4.78 is 2.06. The van der Waals surface area contributed by atoms with E-state index in [0.29, 0.717) is 6.04 Å². The van der Waals surface area contributed by atoms with Gasteiger partial charge >= 0.3 is 0 Å². The van der Waals surface area contributed by atoms with Gasteiger partial charge in [0, 0.05) is 12.2 Å². The Kier molecular flexibility index (Phi) is 3.64. The molecule has 0 bridgehead atoms. The van der Waals surface area contributed by atoms with Crippen molar-refractivity contribution in [2.24, 2.45) is 11.8 Å². The number of nitrogens with zero attached hydrogens (tertiary/aromatic N) is 2. The molecule has 1 N–H and O–H groups in total. The van der Waals surface area contributed by atoms with E-state index in [0.717, 1.165) is 24.8 Å². The van der Waals surface area contributed by atoms with Crippen molar-refractivity contribution in [2.75, 3.05) is 13.6 Å². The minimum absolute atomic E-state index is 0.475. The standard InChI is InChI=1S/C13H23N3/c1-10(2)16-7-6-13(15-16)8-11-4-5-12(11)9-14-3/h6-7,10-12,14H,4-5,8-9H2,1-3H3. The van der Waals surface area contributed by atoms with Crippen molar-refractivity contribution in [3.8, 4) is 0 Å². The number of hydrogen-bond acceptors (Lipinski definition) is 2. The molecule has 2 unspecified atom stereocenters. The SMILES string of the molecule is CNCC1CCC1Cc1ccn(C(C)C)n1. The van der Waals surface area contributed by atoms with Crippen LogP contribution in [-0.4, -0.2) is 23.4 Å². The van der Waals surface area contributed by atoms with Crippen molar-refractivity contribution in [3.63, 3.8) is 0 Å². The molecule has 1 saturated carbocycles. The lowest BCUT2D eigenvalue weighted by atomic mass is 9.71. The average Bonchev–Trinajstić information content (AvgIpc) is 2.69. The molecule has 3 heteroatoms. The maximum atomic E-state index is 4.62. The number of aromatic nitrogens is 2. The lowest BCUT2D eigenvalue weighted by molar-refractivity contribution is 0.172. The Morgan fingerprint density at radius 3 is 2.69 bits per heavy atom. The van der Waals surface area contributed by atoms with Crippen LogP contribution < -0.4 is 5.32 Å². The highest BCUT2D eigenvalue weighted by Crippen LogP contribution is 2.35. The summed E-state index contributed by atoms with van der Waals surface area (Å²) in [7, 11) is 2.04. The van der Waals surface area contributed by atoms with E-state index in [1.807, 2.05) is 7.05 Å². The fraction of sp³-hybridized carbons (Fsp3) is 0.769. The Hall–Kier alpha value is -0.830. The molecule has 0 radical (unpaired) electrons. The molecule has 1 aliphatic carbocycles. The second-order valence-corrected chi connectivity index (χ2v) is 5.24. The van der Waals surface area contributed by atoms with Crippen LogP contribution in [0.5, 0.6) is 0 Å². The predicted octanol–water partition coefficient (Wildman–Crippen LogP) is 2.25. The van der Waals surface area contributed by atoms with E-state index in [1.165, 1.54) is 18.5 Å². The van der Waals surface area contributed by atoms with Gasteiger partial charge in [-0.3, -0.25) is 4.68 Å². The molecule has 2 atom stereocenters. The van der Waals surface area contributed by atoms with Crippen LogP contribution in [0.2, 0.25) is 0 Å². The van der Waals surface area contributed by atoms with Crippen molar-refractivity contribution >= 4 is 0 Å². The zero-order valence-corrected chi connectivity index (χ0v) is 10.6. The second kappa shape index (κ2) is 5.00. The highest BCUT2D eigenvalue weighted by molar-refractivity contribution is 5.03. The van der Waals surface area contributed by atoms with Crippen LogP contribution >= 0.6 is 0 Å². The monoisotopic (exact) mass is 221 g/mol. The van der Waals surface area contributed by atoms with Gasteiger partial charge in [-0.05, 0) is 64.6 Å². The molecular formula is C13H23N3. The first-order chi connectivity index (χ1) is 7.70. The lowest BCUT2D eigenvalue weighted by Crippen LogP contribution is -2.35. The van der Waals surface area contributed by atoms with Crippen LogP contribution in [-0.2, 0) is 6.42 Å². The minimum Gasteiger partial charge on any atom is -0.319 e. The molecule has 2 rings (SSSR count). The maximum Gasteiger partial charge on any atom is 0.0627 e. The third-order valence-corrected chi connectivity index (χ3v) is 3.71.